The van der Waals surface area contributed by atoms with Crippen LogP contribution in [0.25, 0.3) is 0 Å². The second-order valence-electron chi connectivity index (χ2n) is 13.7. The van der Waals surface area contributed by atoms with Gasteiger partial charge in [-0.25, -0.2) is 9.59 Å². The summed E-state index contributed by atoms with van der Waals surface area (Å²) in [6.45, 7) is 12.8. The van der Waals surface area contributed by atoms with Gasteiger partial charge in [-0.05, 0) is 48.9 Å². The van der Waals surface area contributed by atoms with E-state index in [0.717, 1.165) is 44.5 Å². The van der Waals surface area contributed by atoms with Crippen LogP contribution >= 0.6 is 0 Å². The summed E-state index contributed by atoms with van der Waals surface area (Å²) in [6, 6.07) is 0. The smallest absolute Gasteiger partial charge is 0.438 e. The molecule has 0 radical (unpaired) electrons. The normalized spacial score (nSPS) is 40.1. The molecule has 8 nitrogen and oxygen atoms in total. The van der Waals surface area contributed by atoms with Crippen LogP contribution < -0.4 is 0 Å². The van der Waals surface area contributed by atoms with Gasteiger partial charge in [0.2, 0.25) is 0 Å². The standard InChI is InChI=1S/C31H46O8/c1-18(26-36-16-29(2,3)17-37-26)22-10-11-23-21-9-8-19-14-20(38-27(32)34-6)15-25(39-28(33)35-7)31(19,5)24(21)12-13-30(22,23)4/h8-9,18,20,22-26H,10-17H2,1-7H3/t18?,20-,22-,23+,24+,25+,30-,31+/m1/s1. The maximum atomic E-state index is 12.3. The molecule has 1 heterocycles. The van der Waals surface area contributed by atoms with Crippen molar-refractivity contribution in [3.05, 3.63) is 23.3 Å². The van der Waals surface area contributed by atoms with E-state index in [4.69, 9.17) is 28.4 Å². The number of hydrogen-bond donors (Lipinski definition) is 0. The number of fused-ring (bicyclic) bond motifs is 5. The summed E-state index contributed by atoms with van der Waals surface area (Å²) in [5, 5.41) is 0. The summed E-state index contributed by atoms with van der Waals surface area (Å²) in [5.74, 6) is 1.54. The van der Waals surface area contributed by atoms with Crippen molar-refractivity contribution in [2.45, 2.75) is 91.6 Å². The molecule has 0 amide bonds. The lowest BCUT2D eigenvalue weighted by molar-refractivity contribution is -0.252. The van der Waals surface area contributed by atoms with Gasteiger partial charge in [-0.2, -0.15) is 0 Å². The fourth-order valence-corrected chi connectivity index (χ4v) is 8.72. The predicted molar refractivity (Wildman–Crippen MR) is 144 cm³/mol. The molecule has 0 bridgehead atoms. The van der Waals surface area contributed by atoms with Crippen LogP contribution in [0.2, 0.25) is 0 Å². The minimum Gasteiger partial charge on any atom is -0.438 e. The molecule has 8 atom stereocenters. The van der Waals surface area contributed by atoms with Gasteiger partial charge in [-0.1, -0.05) is 57.9 Å². The molecule has 218 valence electrons. The van der Waals surface area contributed by atoms with E-state index in [0.29, 0.717) is 30.6 Å². The van der Waals surface area contributed by atoms with Gasteiger partial charge in [0.15, 0.2) is 6.29 Å². The Labute approximate surface area is 232 Å². The van der Waals surface area contributed by atoms with Gasteiger partial charge in [0, 0.05) is 29.6 Å². The van der Waals surface area contributed by atoms with Crippen molar-refractivity contribution >= 4 is 12.3 Å². The molecule has 1 aliphatic heterocycles. The molecule has 3 saturated carbocycles. The van der Waals surface area contributed by atoms with Gasteiger partial charge < -0.3 is 28.4 Å². The lowest BCUT2D eigenvalue weighted by Crippen LogP contribution is -2.54. The third kappa shape index (κ3) is 4.90. The number of allylic oxidation sites excluding steroid dienone is 3. The molecule has 4 aliphatic carbocycles. The minimum absolute atomic E-state index is 0.0620. The van der Waals surface area contributed by atoms with Gasteiger partial charge in [0.1, 0.15) is 12.2 Å². The maximum absolute atomic E-state index is 12.3. The first-order valence-electron chi connectivity index (χ1n) is 14.6. The van der Waals surface area contributed by atoms with Gasteiger partial charge in [0.05, 0.1) is 27.4 Å². The predicted octanol–water partition coefficient (Wildman–Crippen LogP) is 6.43. The Morgan fingerprint density at radius 3 is 2.26 bits per heavy atom. The average Bonchev–Trinajstić information content (AvgIpc) is 3.26. The van der Waals surface area contributed by atoms with Crippen molar-refractivity contribution in [1.29, 1.82) is 0 Å². The van der Waals surface area contributed by atoms with Crippen LogP contribution in [0.4, 0.5) is 9.59 Å². The molecule has 4 fully saturated rings. The van der Waals surface area contributed by atoms with Gasteiger partial charge in [0.25, 0.3) is 0 Å². The van der Waals surface area contributed by atoms with Crippen molar-refractivity contribution in [3.63, 3.8) is 0 Å². The number of rotatable bonds is 4. The fourth-order valence-electron chi connectivity index (χ4n) is 8.72. The summed E-state index contributed by atoms with van der Waals surface area (Å²) in [5.41, 5.74) is 2.46. The Kier molecular flexibility index (Phi) is 7.59. The quantitative estimate of drug-likeness (QED) is 0.373. The average molecular weight is 547 g/mol. The van der Waals surface area contributed by atoms with E-state index in [-0.39, 0.29) is 28.5 Å². The third-order valence-corrected chi connectivity index (χ3v) is 10.8. The summed E-state index contributed by atoms with van der Waals surface area (Å²) in [7, 11) is 2.63. The second-order valence-corrected chi connectivity index (χ2v) is 13.7. The summed E-state index contributed by atoms with van der Waals surface area (Å²) in [4.78, 5) is 24.2. The van der Waals surface area contributed by atoms with E-state index < -0.39 is 24.5 Å². The van der Waals surface area contributed by atoms with Crippen LogP contribution in [0.1, 0.15) is 73.1 Å². The van der Waals surface area contributed by atoms with Crippen molar-refractivity contribution in [2.24, 2.45) is 39.9 Å². The van der Waals surface area contributed by atoms with Crippen LogP contribution in [0.5, 0.6) is 0 Å². The summed E-state index contributed by atoms with van der Waals surface area (Å²) in [6.07, 6.45) is 7.47. The van der Waals surface area contributed by atoms with E-state index in [1.807, 2.05) is 0 Å². The number of carbonyl (C=O) groups excluding carboxylic acids is 2. The highest BCUT2D eigenvalue weighted by molar-refractivity contribution is 5.61. The Bertz CT molecular complexity index is 1020. The van der Waals surface area contributed by atoms with Crippen LogP contribution in [-0.2, 0) is 28.4 Å². The molecule has 8 heteroatoms. The molecular weight excluding hydrogens is 500 g/mol. The lowest BCUT2D eigenvalue weighted by atomic mass is 9.49. The molecule has 1 saturated heterocycles. The zero-order valence-electron chi connectivity index (χ0n) is 24.6. The van der Waals surface area contributed by atoms with E-state index in [2.05, 4.69) is 46.8 Å². The lowest BCUT2D eigenvalue weighted by Gasteiger charge is -2.57. The SMILES string of the molecule is COC(=O)O[C@@H]1CC2=CC=C3[C@@H]4CC[C@H](C(C)C5OCC(C)(C)CO5)[C@@]4(C)CC[C@@H]3[C@@]2(C)[C@@H](OC(=O)OC)C1. The zero-order valence-corrected chi connectivity index (χ0v) is 24.6. The van der Waals surface area contributed by atoms with Crippen molar-refractivity contribution in [3.8, 4) is 0 Å². The molecule has 39 heavy (non-hydrogen) atoms. The van der Waals surface area contributed by atoms with E-state index in [1.165, 1.54) is 19.8 Å². The number of ether oxygens (including phenoxy) is 6. The van der Waals surface area contributed by atoms with Crippen molar-refractivity contribution in [1.82, 2.24) is 0 Å². The second kappa shape index (κ2) is 10.4. The molecule has 0 N–H and O–H groups in total. The van der Waals surface area contributed by atoms with Crippen LogP contribution in [-0.4, -0.2) is 58.2 Å². The highest BCUT2D eigenvalue weighted by Crippen LogP contribution is 2.66. The molecule has 0 aromatic carbocycles. The largest absolute Gasteiger partial charge is 0.508 e. The Morgan fingerprint density at radius 1 is 0.923 bits per heavy atom. The summed E-state index contributed by atoms with van der Waals surface area (Å²) < 4.78 is 33.6. The Morgan fingerprint density at radius 2 is 1.59 bits per heavy atom. The van der Waals surface area contributed by atoms with Crippen molar-refractivity contribution < 1.29 is 38.0 Å². The van der Waals surface area contributed by atoms with Gasteiger partial charge in [-0.15, -0.1) is 0 Å². The maximum Gasteiger partial charge on any atom is 0.508 e. The Hall–Kier alpha value is -2.06. The highest BCUT2D eigenvalue weighted by Gasteiger charge is 2.61. The first-order valence-corrected chi connectivity index (χ1v) is 14.6. The first-order chi connectivity index (χ1) is 18.4. The van der Waals surface area contributed by atoms with Crippen LogP contribution in [0.15, 0.2) is 23.3 Å². The first kappa shape index (κ1) is 28.5. The molecule has 0 aromatic heterocycles. The fraction of sp³-hybridized carbons (Fsp3) is 0.806. The van der Waals surface area contributed by atoms with E-state index in [1.54, 1.807) is 0 Å². The summed E-state index contributed by atoms with van der Waals surface area (Å²) >= 11 is 0. The highest BCUT2D eigenvalue weighted by atomic mass is 16.7. The molecule has 5 aliphatic rings. The molecule has 1 unspecified atom stereocenters. The van der Waals surface area contributed by atoms with Crippen LogP contribution in [0, 0.1) is 39.9 Å². The van der Waals surface area contributed by atoms with Gasteiger partial charge in [-0.3, -0.25) is 0 Å². The zero-order chi connectivity index (χ0) is 28.2. The molecular formula is C31H46O8. The monoisotopic (exact) mass is 546 g/mol. The van der Waals surface area contributed by atoms with Gasteiger partial charge >= 0.3 is 12.3 Å². The molecule has 0 aromatic rings. The molecule has 0 spiro atoms. The number of hydrogen-bond acceptors (Lipinski definition) is 8. The number of carbonyl (C=O) groups is 2. The van der Waals surface area contributed by atoms with E-state index >= 15 is 0 Å². The van der Waals surface area contributed by atoms with Crippen molar-refractivity contribution in [2.75, 3.05) is 27.4 Å². The number of methoxy groups -OCH3 is 2. The van der Waals surface area contributed by atoms with E-state index in [9.17, 15) is 9.59 Å². The third-order valence-electron chi connectivity index (χ3n) is 10.8. The molecule has 5 rings (SSSR count). The minimum atomic E-state index is -0.720. The topological polar surface area (TPSA) is 89.5 Å². The Balaban J connectivity index is 1.40. The van der Waals surface area contributed by atoms with Crippen LogP contribution in [0.3, 0.4) is 0 Å².